The number of hydrogen-bond acceptors (Lipinski definition) is 2. The van der Waals surface area contributed by atoms with Crippen molar-refractivity contribution in [3.05, 3.63) is 64.7 Å². The van der Waals surface area contributed by atoms with Gasteiger partial charge in [0, 0.05) is 10.6 Å². The van der Waals surface area contributed by atoms with Crippen molar-refractivity contribution in [2.24, 2.45) is 0 Å². The molecule has 2 nitrogen and oxygen atoms in total. The van der Waals surface area contributed by atoms with E-state index in [4.69, 9.17) is 16.3 Å². The molecule has 0 unspecified atom stereocenters. The van der Waals surface area contributed by atoms with Crippen LogP contribution in [-0.2, 0) is 0 Å². The maximum Gasteiger partial charge on any atom is 0.200 e. The molecule has 0 saturated heterocycles. The molecule has 0 heterocycles. The van der Waals surface area contributed by atoms with Gasteiger partial charge in [-0.3, -0.25) is 4.79 Å². The Balaban J connectivity index is 2.02. The number of carbonyl (C=O) groups excluding carboxylic acids is 1. The van der Waals surface area contributed by atoms with Crippen molar-refractivity contribution in [3.8, 4) is 5.75 Å². The lowest BCUT2D eigenvalue weighted by Gasteiger charge is -2.08. The maximum absolute atomic E-state index is 11.8. The van der Waals surface area contributed by atoms with Crippen molar-refractivity contribution in [2.75, 3.05) is 6.61 Å². The second-order valence-corrected chi connectivity index (χ2v) is 4.42. The molecule has 0 atom stereocenters. The predicted octanol–water partition coefficient (Wildman–Crippen LogP) is 3.91. The zero-order chi connectivity index (χ0) is 13.0. The molecule has 0 spiro atoms. The molecule has 0 aromatic heterocycles. The molecule has 0 fully saturated rings. The topological polar surface area (TPSA) is 26.3 Å². The fourth-order valence-corrected chi connectivity index (χ4v) is 1.85. The molecule has 0 amide bonds. The van der Waals surface area contributed by atoms with Gasteiger partial charge in [0.05, 0.1) is 0 Å². The van der Waals surface area contributed by atoms with Gasteiger partial charge in [-0.1, -0.05) is 41.9 Å². The van der Waals surface area contributed by atoms with Crippen LogP contribution in [0, 0.1) is 6.92 Å². The number of benzene rings is 2. The lowest BCUT2D eigenvalue weighted by molar-refractivity contribution is 0.0921. The van der Waals surface area contributed by atoms with Crippen LogP contribution < -0.4 is 4.74 Å². The van der Waals surface area contributed by atoms with E-state index in [2.05, 4.69) is 0 Å². The SMILES string of the molecule is Cc1cc(Cl)ccc1OCC(=O)c1ccccc1. The van der Waals surface area contributed by atoms with Crippen molar-refractivity contribution in [3.63, 3.8) is 0 Å². The number of Topliss-reactive ketones (excluding diaryl/α,β-unsaturated/α-hetero) is 1. The standard InChI is InChI=1S/C15H13ClO2/c1-11-9-13(16)7-8-15(11)18-10-14(17)12-5-3-2-4-6-12/h2-9H,10H2,1H3. The maximum atomic E-state index is 11.8. The third-order valence-corrected chi connectivity index (χ3v) is 2.83. The predicted molar refractivity (Wildman–Crippen MR) is 72.5 cm³/mol. The number of aryl methyl sites for hydroxylation is 1. The summed E-state index contributed by atoms with van der Waals surface area (Å²) in [6.45, 7) is 1.93. The Labute approximate surface area is 111 Å². The second kappa shape index (κ2) is 5.69. The summed E-state index contributed by atoms with van der Waals surface area (Å²) in [5, 5.41) is 0.661. The zero-order valence-electron chi connectivity index (χ0n) is 10.0. The molecule has 2 aromatic carbocycles. The lowest BCUT2D eigenvalue weighted by Crippen LogP contribution is -2.11. The summed E-state index contributed by atoms with van der Waals surface area (Å²) >= 11 is 5.85. The van der Waals surface area contributed by atoms with E-state index in [0.29, 0.717) is 16.3 Å². The molecule has 2 rings (SSSR count). The number of ketones is 1. The Hall–Kier alpha value is -1.80. The summed E-state index contributed by atoms with van der Waals surface area (Å²) in [4.78, 5) is 11.8. The monoisotopic (exact) mass is 260 g/mol. The summed E-state index contributed by atoms with van der Waals surface area (Å²) in [7, 11) is 0. The van der Waals surface area contributed by atoms with Gasteiger partial charge in [0.1, 0.15) is 5.75 Å². The minimum atomic E-state index is -0.0371. The van der Waals surface area contributed by atoms with Gasteiger partial charge in [0.15, 0.2) is 12.4 Å². The quantitative estimate of drug-likeness (QED) is 0.779. The highest BCUT2D eigenvalue weighted by Crippen LogP contribution is 2.21. The number of rotatable bonds is 4. The Kier molecular flexibility index (Phi) is 4.00. The van der Waals surface area contributed by atoms with Crippen molar-refractivity contribution in [2.45, 2.75) is 6.92 Å². The normalized spacial score (nSPS) is 10.1. The van der Waals surface area contributed by atoms with Gasteiger partial charge >= 0.3 is 0 Å². The highest BCUT2D eigenvalue weighted by molar-refractivity contribution is 6.30. The molecule has 0 radical (unpaired) electrons. The molecule has 0 N–H and O–H groups in total. The molecular formula is C15H13ClO2. The molecule has 2 aromatic rings. The van der Waals surface area contributed by atoms with Crippen molar-refractivity contribution < 1.29 is 9.53 Å². The number of carbonyl (C=O) groups is 1. The Morgan fingerprint density at radius 2 is 1.89 bits per heavy atom. The number of ether oxygens (including phenoxy) is 1. The van der Waals surface area contributed by atoms with E-state index in [1.54, 1.807) is 24.3 Å². The number of halogens is 1. The van der Waals surface area contributed by atoms with Crippen LogP contribution in [0.4, 0.5) is 0 Å². The Bertz CT molecular complexity index is 550. The smallest absolute Gasteiger partial charge is 0.200 e. The van der Waals surface area contributed by atoms with Gasteiger partial charge in [-0.05, 0) is 30.7 Å². The van der Waals surface area contributed by atoms with E-state index in [1.165, 1.54) is 0 Å². The summed E-state index contributed by atoms with van der Waals surface area (Å²) in [5.74, 6) is 0.647. The van der Waals surface area contributed by atoms with E-state index < -0.39 is 0 Å². The molecule has 0 aliphatic carbocycles. The first kappa shape index (κ1) is 12.7. The third-order valence-electron chi connectivity index (χ3n) is 2.59. The van der Waals surface area contributed by atoms with Crippen LogP contribution in [0.1, 0.15) is 15.9 Å². The van der Waals surface area contributed by atoms with Gasteiger partial charge in [-0.15, -0.1) is 0 Å². The van der Waals surface area contributed by atoms with Gasteiger partial charge in [0.2, 0.25) is 0 Å². The van der Waals surface area contributed by atoms with Crippen LogP contribution in [0.5, 0.6) is 5.75 Å². The van der Waals surface area contributed by atoms with Crippen molar-refractivity contribution in [1.82, 2.24) is 0 Å². The highest BCUT2D eigenvalue weighted by atomic mass is 35.5. The Morgan fingerprint density at radius 3 is 2.56 bits per heavy atom. The fourth-order valence-electron chi connectivity index (χ4n) is 1.63. The van der Waals surface area contributed by atoms with Crippen LogP contribution in [-0.4, -0.2) is 12.4 Å². The van der Waals surface area contributed by atoms with Crippen LogP contribution in [0.2, 0.25) is 5.02 Å². The number of hydrogen-bond donors (Lipinski definition) is 0. The van der Waals surface area contributed by atoms with E-state index >= 15 is 0 Å². The summed E-state index contributed by atoms with van der Waals surface area (Å²) in [6, 6.07) is 14.4. The van der Waals surface area contributed by atoms with Crippen molar-refractivity contribution in [1.29, 1.82) is 0 Å². The molecule has 92 valence electrons. The van der Waals surface area contributed by atoms with Gasteiger partial charge in [-0.25, -0.2) is 0 Å². The summed E-state index contributed by atoms with van der Waals surface area (Å²) in [6.07, 6.45) is 0. The zero-order valence-corrected chi connectivity index (χ0v) is 10.8. The fraction of sp³-hybridized carbons (Fsp3) is 0.133. The van der Waals surface area contributed by atoms with Gasteiger partial charge in [0.25, 0.3) is 0 Å². The van der Waals surface area contributed by atoms with E-state index in [-0.39, 0.29) is 12.4 Å². The summed E-state index contributed by atoms with van der Waals surface area (Å²) < 4.78 is 5.50. The van der Waals surface area contributed by atoms with Gasteiger partial charge < -0.3 is 4.74 Å². The lowest BCUT2D eigenvalue weighted by atomic mass is 10.1. The average molecular weight is 261 g/mol. The second-order valence-electron chi connectivity index (χ2n) is 3.99. The van der Waals surface area contributed by atoms with Crippen LogP contribution >= 0.6 is 11.6 Å². The molecule has 3 heteroatoms. The van der Waals surface area contributed by atoms with Gasteiger partial charge in [-0.2, -0.15) is 0 Å². The average Bonchev–Trinajstić information content (AvgIpc) is 2.38. The minimum absolute atomic E-state index is 0.0342. The van der Waals surface area contributed by atoms with E-state index in [1.807, 2.05) is 31.2 Å². The molecular weight excluding hydrogens is 248 g/mol. The highest BCUT2D eigenvalue weighted by Gasteiger charge is 2.07. The first-order valence-electron chi connectivity index (χ1n) is 5.64. The molecule has 0 aliphatic rings. The largest absolute Gasteiger partial charge is 0.485 e. The third kappa shape index (κ3) is 3.11. The van der Waals surface area contributed by atoms with E-state index in [0.717, 1.165) is 5.56 Å². The first-order chi connectivity index (χ1) is 8.66. The molecule has 18 heavy (non-hydrogen) atoms. The minimum Gasteiger partial charge on any atom is -0.485 e. The van der Waals surface area contributed by atoms with Crippen LogP contribution in [0.15, 0.2) is 48.5 Å². The van der Waals surface area contributed by atoms with Crippen LogP contribution in [0.25, 0.3) is 0 Å². The molecule has 0 bridgehead atoms. The molecule has 0 saturated carbocycles. The van der Waals surface area contributed by atoms with Crippen LogP contribution in [0.3, 0.4) is 0 Å². The summed E-state index contributed by atoms with van der Waals surface area (Å²) in [5.41, 5.74) is 1.58. The van der Waals surface area contributed by atoms with E-state index in [9.17, 15) is 4.79 Å². The molecule has 0 aliphatic heterocycles. The Morgan fingerprint density at radius 1 is 1.17 bits per heavy atom. The first-order valence-corrected chi connectivity index (χ1v) is 6.02. The van der Waals surface area contributed by atoms with Crippen molar-refractivity contribution >= 4 is 17.4 Å².